The Bertz CT molecular complexity index is 69.3. The van der Waals surface area contributed by atoms with E-state index in [2.05, 4.69) is 6.92 Å². The standard InChI is InChI=1S/C7H15NO/c1-2-7(6-9)4-3-5-8/h5,7-9H,2-4,6H2,1H3. The first-order valence-electron chi connectivity index (χ1n) is 3.45. The molecule has 0 heterocycles. The Balaban J connectivity index is 3.19. The summed E-state index contributed by atoms with van der Waals surface area (Å²) in [5.41, 5.74) is 0. The average molecular weight is 129 g/mol. The molecule has 0 aliphatic rings. The molecule has 0 aromatic heterocycles. The Kier molecular flexibility index (Phi) is 5.52. The van der Waals surface area contributed by atoms with Gasteiger partial charge in [0.15, 0.2) is 0 Å². The van der Waals surface area contributed by atoms with Crippen molar-refractivity contribution in [2.45, 2.75) is 26.2 Å². The highest BCUT2D eigenvalue weighted by Crippen LogP contribution is 2.07. The van der Waals surface area contributed by atoms with Gasteiger partial charge in [0, 0.05) is 6.61 Å². The van der Waals surface area contributed by atoms with Crippen LogP contribution in [-0.2, 0) is 0 Å². The fourth-order valence-electron chi connectivity index (χ4n) is 0.744. The van der Waals surface area contributed by atoms with E-state index in [4.69, 9.17) is 10.5 Å². The van der Waals surface area contributed by atoms with E-state index >= 15 is 0 Å². The van der Waals surface area contributed by atoms with Gasteiger partial charge in [-0.25, -0.2) is 0 Å². The van der Waals surface area contributed by atoms with E-state index in [0.29, 0.717) is 5.92 Å². The minimum atomic E-state index is 0.268. The molecule has 0 aromatic rings. The molecule has 0 aliphatic carbocycles. The Labute approximate surface area is 56.4 Å². The van der Waals surface area contributed by atoms with Crippen molar-refractivity contribution in [2.75, 3.05) is 6.61 Å². The van der Waals surface area contributed by atoms with Gasteiger partial charge >= 0.3 is 0 Å². The molecule has 0 bridgehead atoms. The van der Waals surface area contributed by atoms with E-state index in [9.17, 15) is 0 Å². The minimum Gasteiger partial charge on any atom is -0.396 e. The molecule has 0 amide bonds. The van der Waals surface area contributed by atoms with E-state index in [1.165, 1.54) is 6.21 Å². The fraction of sp³-hybridized carbons (Fsp3) is 0.857. The molecule has 0 aliphatic heterocycles. The molecule has 0 rings (SSSR count). The van der Waals surface area contributed by atoms with Gasteiger partial charge in [-0.05, 0) is 25.0 Å². The zero-order valence-electron chi connectivity index (χ0n) is 5.93. The summed E-state index contributed by atoms with van der Waals surface area (Å²) in [6, 6.07) is 0. The molecule has 9 heavy (non-hydrogen) atoms. The second-order valence-electron chi connectivity index (χ2n) is 2.24. The van der Waals surface area contributed by atoms with Gasteiger partial charge in [0.05, 0.1) is 0 Å². The van der Waals surface area contributed by atoms with Crippen molar-refractivity contribution in [1.82, 2.24) is 0 Å². The lowest BCUT2D eigenvalue weighted by atomic mass is 10.0. The number of hydrogen-bond acceptors (Lipinski definition) is 2. The highest BCUT2D eigenvalue weighted by atomic mass is 16.3. The van der Waals surface area contributed by atoms with E-state index in [1.54, 1.807) is 0 Å². The zero-order valence-corrected chi connectivity index (χ0v) is 5.93. The predicted molar refractivity (Wildman–Crippen MR) is 38.9 cm³/mol. The number of hydrogen-bond donors (Lipinski definition) is 2. The summed E-state index contributed by atoms with van der Waals surface area (Å²) in [7, 11) is 0. The Morgan fingerprint density at radius 2 is 2.33 bits per heavy atom. The van der Waals surface area contributed by atoms with Crippen molar-refractivity contribution < 1.29 is 5.11 Å². The van der Waals surface area contributed by atoms with Crippen LogP contribution in [0.25, 0.3) is 0 Å². The van der Waals surface area contributed by atoms with Crippen molar-refractivity contribution >= 4 is 6.21 Å². The van der Waals surface area contributed by atoms with E-state index in [1.807, 2.05) is 0 Å². The quantitative estimate of drug-likeness (QED) is 0.542. The van der Waals surface area contributed by atoms with Gasteiger partial charge in [0.1, 0.15) is 0 Å². The second-order valence-corrected chi connectivity index (χ2v) is 2.24. The molecular formula is C7H15NO. The maximum absolute atomic E-state index is 8.68. The maximum atomic E-state index is 8.68. The summed E-state index contributed by atoms with van der Waals surface area (Å²) in [5.74, 6) is 0.409. The van der Waals surface area contributed by atoms with E-state index < -0.39 is 0 Å². The second kappa shape index (κ2) is 5.76. The molecule has 0 fully saturated rings. The van der Waals surface area contributed by atoms with Crippen molar-refractivity contribution in [3.8, 4) is 0 Å². The van der Waals surface area contributed by atoms with Crippen molar-refractivity contribution in [3.63, 3.8) is 0 Å². The summed E-state index contributed by atoms with van der Waals surface area (Å²) in [6.45, 7) is 2.33. The SMILES string of the molecule is CCC(CO)CCC=N. The zero-order chi connectivity index (χ0) is 7.11. The average Bonchev–Trinajstić information content (AvgIpc) is 1.91. The van der Waals surface area contributed by atoms with Crippen LogP contribution in [0.5, 0.6) is 0 Å². The Hall–Kier alpha value is -0.370. The number of rotatable bonds is 5. The first kappa shape index (κ1) is 8.63. The minimum absolute atomic E-state index is 0.268. The molecule has 0 radical (unpaired) electrons. The molecule has 0 aromatic carbocycles. The summed E-state index contributed by atoms with van der Waals surface area (Å²) in [5, 5.41) is 15.4. The number of nitrogens with one attached hydrogen (secondary N) is 1. The van der Waals surface area contributed by atoms with Crippen LogP contribution in [0.1, 0.15) is 26.2 Å². The summed E-state index contributed by atoms with van der Waals surface area (Å²) < 4.78 is 0. The van der Waals surface area contributed by atoms with Crippen LogP contribution in [0.15, 0.2) is 0 Å². The maximum Gasteiger partial charge on any atom is 0.0459 e. The van der Waals surface area contributed by atoms with Crippen LogP contribution < -0.4 is 0 Å². The van der Waals surface area contributed by atoms with Gasteiger partial charge in [-0.1, -0.05) is 13.3 Å². The highest BCUT2D eigenvalue weighted by molar-refractivity contribution is 5.52. The number of aliphatic hydroxyl groups is 1. The van der Waals surface area contributed by atoms with Crippen LogP contribution in [0.2, 0.25) is 0 Å². The monoisotopic (exact) mass is 129 g/mol. The Morgan fingerprint density at radius 1 is 1.67 bits per heavy atom. The molecular weight excluding hydrogens is 114 g/mol. The first-order valence-corrected chi connectivity index (χ1v) is 3.45. The third-order valence-corrected chi connectivity index (χ3v) is 1.55. The fourth-order valence-corrected chi connectivity index (χ4v) is 0.744. The van der Waals surface area contributed by atoms with Crippen molar-refractivity contribution in [1.29, 1.82) is 5.41 Å². The summed E-state index contributed by atoms with van der Waals surface area (Å²) >= 11 is 0. The molecule has 2 nitrogen and oxygen atoms in total. The lowest BCUT2D eigenvalue weighted by molar-refractivity contribution is 0.217. The molecule has 2 heteroatoms. The molecule has 54 valence electrons. The van der Waals surface area contributed by atoms with Crippen LogP contribution in [-0.4, -0.2) is 17.9 Å². The van der Waals surface area contributed by atoms with Crippen LogP contribution >= 0.6 is 0 Å². The molecule has 0 saturated heterocycles. The van der Waals surface area contributed by atoms with Crippen molar-refractivity contribution in [2.24, 2.45) is 5.92 Å². The smallest absolute Gasteiger partial charge is 0.0459 e. The van der Waals surface area contributed by atoms with Gasteiger partial charge in [-0.2, -0.15) is 0 Å². The highest BCUT2D eigenvalue weighted by Gasteiger charge is 2.01. The van der Waals surface area contributed by atoms with Gasteiger partial charge in [0.2, 0.25) is 0 Å². The van der Waals surface area contributed by atoms with Crippen molar-refractivity contribution in [3.05, 3.63) is 0 Å². The van der Waals surface area contributed by atoms with Gasteiger partial charge in [-0.15, -0.1) is 0 Å². The molecule has 0 spiro atoms. The first-order chi connectivity index (χ1) is 4.35. The predicted octanol–water partition coefficient (Wildman–Crippen LogP) is 1.43. The van der Waals surface area contributed by atoms with Crippen LogP contribution in [0.4, 0.5) is 0 Å². The number of aliphatic hydroxyl groups excluding tert-OH is 1. The van der Waals surface area contributed by atoms with Crippen LogP contribution in [0.3, 0.4) is 0 Å². The summed E-state index contributed by atoms with van der Waals surface area (Å²) in [4.78, 5) is 0. The molecule has 0 saturated carbocycles. The molecule has 1 unspecified atom stereocenters. The van der Waals surface area contributed by atoms with Gasteiger partial charge in [0.25, 0.3) is 0 Å². The summed E-state index contributed by atoms with van der Waals surface area (Å²) in [6.07, 6.45) is 4.18. The normalized spacial score (nSPS) is 13.1. The van der Waals surface area contributed by atoms with E-state index in [-0.39, 0.29) is 6.61 Å². The van der Waals surface area contributed by atoms with Gasteiger partial charge in [-0.3, -0.25) is 0 Å². The Morgan fingerprint density at radius 3 is 2.67 bits per heavy atom. The lowest BCUT2D eigenvalue weighted by Crippen LogP contribution is -2.03. The largest absolute Gasteiger partial charge is 0.396 e. The lowest BCUT2D eigenvalue weighted by Gasteiger charge is -2.07. The topological polar surface area (TPSA) is 44.1 Å². The third-order valence-electron chi connectivity index (χ3n) is 1.55. The van der Waals surface area contributed by atoms with E-state index in [0.717, 1.165) is 19.3 Å². The van der Waals surface area contributed by atoms with Crippen LogP contribution in [0, 0.1) is 11.3 Å². The third kappa shape index (κ3) is 4.15. The molecule has 2 N–H and O–H groups in total. The van der Waals surface area contributed by atoms with Gasteiger partial charge < -0.3 is 10.5 Å². The molecule has 1 atom stereocenters.